The third-order valence-corrected chi connectivity index (χ3v) is 7.12. The number of carbonyl (C=O) groups is 4. The summed E-state index contributed by atoms with van der Waals surface area (Å²) in [4.78, 5) is 50.1. The number of hydrogen-bond acceptors (Lipinski definition) is 8. The van der Waals surface area contributed by atoms with Crippen LogP contribution in [0.4, 0.5) is 11.4 Å². The van der Waals surface area contributed by atoms with Crippen molar-refractivity contribution in [2.45, 2.75) is 54.0 Å². The summed E-state index contributed by atoms with van der Waals surface area (Å²) in [5, 5.41) is 24.4. The van der Waals surface area contributed by atoms with Crippen LogP contribution in [0, 0.1) is 27.7 Å². The van der Waals surface area contributed by atoms with Gasteiger partial charge in [0.2, 0.25) is 11.6 Å². The van der Waals surface area contributed by atoms with Crippen LogP contribution >= 0.6 is 0 Å². The monoisotopic (exact) mass is 576 g/mol. The molecule has 0 aliphatic heterocycles. The van der Waals surface area contributed by atoms with E-state index in [-0.39, 0.29) is 35.9 Å². The minimum absolute atomic E-state index is 0.121. The van der Waals surface area contributed by atoms with Gasteiger partial charge in [-0.3, -0.25) is 9.59 Å². The Balaban J connectivity index is 1.96. The van der Waals surface area contributed by atoms with Crippen LogP contribution in [0.1, 0.15) is 77.5 Å². The number of nitrogens with one attached hydrogen (secondary N) is 2. The van der Waals surface area contributed by atoms with Gasteiger partial charge in [0, 0.05) is 35.7 Å². The first kappa shape index (κ1) is 32.0. The molecule has 0 amide bonds. The minimum Gasteiger partial charge on any atom is -0.478 e. The molecule has 3 aromatic rings. The third kappa shape index (κ3) is 7.02. The van der Waals surface area contributed by atoms with E-state index in [2.05, 4.69) is 10.6 Å². The normalized spacial score (nSPS) is 12.3. The zero-order valence-corrected chi connectivity index (χ0v) is 24.5. The number of carboxylic acids is 2. The van der Waals surface area contributed by atoms with Crippen LogP contribution in [-0.4, -0.2) is 59.4 Å². The van der Waals surface area contributed by atoms with E-state index >= 15 is 0 Å². The van der Waals surface area contributed by atoms with E-state index in [9.17, 15) is 19.2 Å². The number of anilines is 2. The second-order valence-corrected chi connectivity index (χ2v) is 9.70. The van der Waals surface area contributed by atoms with E-state index in [0.29, 0.717) is 44.8 Å². The van der Waals surface area contributed by atoms with Gasteiger partial charge in [0.1, 0.15) is 0 Å². The van der Waals surface area contributed by atoms with Gasteiger partial charge in [0.15, 0.2) is 12.5 Å². The number of rotatable bonds is 14. The first-order chi connectivity index (χ1) is 19.9. The lowest BCUT2D eigenvalue weighted by atomic mass is 9.85. The molecule has 0 aliphatic carbocycles. The van der Waals surface area contributed by atoms with E-state index in [1.807, 2.05) is 0 Å². The van der Waals surface area contributed by atoms with Crippen molar-refractivity contribution in [3.8, 4) is 0 Å². The summed E-state index contributed by atoms with van der Waals surface area (Å²) in [6.45, 7) is 11.2. The van der Waals surface area contributed by atoms with Gasteiger partial charge in [-0.05, 0) is 112 Å². The molecule has 0 saturated carbocycles. The number of ether oxygens (including phenoxy) is 2. The Hall–Kier alpha value is -4.54. The van der Waals surface area contributed by atoms with Crippen molar-refractivity contribution in [1.29, 1.82) is 0 Å². The molecule has 0 aliphatic rings. The predicted octanol–water partition coefficient (Wildman–Crippen LogP) is 5.63. The van der Waals surface area contributed by atoms with Crippen LogP contribution in [0.5, 0.6) is 0 Å². The zero-order valence-electron chi connectivity index (χ0n) is 24.5. The highest BCUT2D eigenvalue weighted by Gasteiger charge is 2.31. The summed E-state index contributed by atoms with van der Waals surface area (Å²) in [5.41, 5.74) is 4.64. The Kier molecular flexibility index (Phi) is 10.6. The SMILES string of the molecule is CCOC(Nc1ccc(C(=O)O)cc1)C(=O)c1c(C)c(C)c(C(=O)C(Nc2ccc(C(=O)O)cc2)OCC)c(C)c1C. The first-order valence-corrected chi connectivity index (χ1v) is 13.5. The van der Waals surface area contributed by atoms with E-state index in [1.54, 1.807) is 65.8 Å². The Morgan fingerprint density at radius 3 is 1.12 bits per heavy atom. The Bertz CT molecular complexity index is 1340. The van der Waals surface area contributed by atoms with Crippen molar-refractivity contribution >= 4 is 34.9 Å². The Morgan fingerprint density at radius 1 is 0.595 bits per heavy atom. The van der Waals surface area contributed by atoms with Crippen LogP contribution in [-0.2, 0) is 9.47 Å². The summed E-state index contributed by atoms with van der Waals surface area (Å²) >= 11 is 0. The molecule has 0 saturated heterocycles. The number of carbonyl (C=O) groups excluding carboxylic acids is 2. The van der Waals surface area contributed by atoms with Crippen LogP contribution in [0.15, 0.2) is 48.5 Å². The summed E-state index contributed by atoms with van der Waals surface area (Å²) in [6.07, 6.45) is -2.09. The molecule has 0 heterocycles. The zero-order chi connectivity index (χ0) is 31.1. The van der Waals surface area contributed by atoms with E-state index in [0.717, 1.165) is 0 Å². The molecule has 3 rings (SSSR count). The van der Waals surface area contributed by atoms with Gasteiger partial charge in [-0.1, -0.05) is 0 Å². The summed E-state index contributed by atoms with van der Waals surface area (Å²) in [6, 6.07) is 12.0. The molecule has 42 heavy (non-hydrogen) atoms. The van der Waals surface area contributed by atoms with Crippen molar-refractivity contribution in [1.82, 2.24) is 0 Å². The molecule has 0 radical (unpaired) electrons. The fourth-order valence-electron chi connectivity index (χ4n) is 4.73. The fourth-order valence-corrected chi connectivity index (χ4v) is 4.73. The molecule has 0 bridgehead atoms. The smallest absolute Gasteiger partial charge is 0.335 e. The highest BCUT2D eigenvalue weighted by molar-refractivity contribution is 6.08. The minimum atomic E-state index is -1.05. The van der Waals surface area contributed by atoms with Gasteiger partial charge in [-0.15, -0.1) is 0 Å². The number of Topliss-reactive ketones (excluding diaryl/α,β-unsaturated/α-hetero) is 2. The highest BCUT2D eigenvalue weighted by Crippen LogP contribution is 2.30. The average molecular weight is 577 g/mol. The maximum Gasteiger partial charge on any atom is 0.335 e. The predicted molar refractivity (Wildman–Crippen MR) is 159 cm³/mol. The number of benzene rings is 3. The topological polar surface area (TPSA) is 151 Å². The summed E-state index contributed by atoms with van der Waals surface area (Å²) in [7, 11) is 0. The molecule has 2 unspecified atom stereocenters. The van der Waals surface area contributed by atoms with Crippen LogP contribution in [0.2, 0.25) is 0 Å². The molecule has 10 nitrogen and oxygen atoms in total. The van der Waals surface area contributed by atoms with Crippen molar-refractivity contribution in [2.75, 3.05) is 23.8 Å². The largest absolute Gasteiger partial charge is 0.478 e. The molecule has 0 aromatic heterocycles. The van der Waals surface area contributed by atoms with Crippen LogP contribution in [0.3, 0.4) is 0 Å². The van der Waals surface area contributed by atoms with Gasteiger partial charge in [0.05, 0.1) is 11.1 Å². The van der Waals surface area contributed by atoms with E-state index < -0.39 is 24.4 Å². The number of hydrogen-bond donors (Lipinski definition) is 4. The lowest BCUT2D eigenvalue weighted by molar-refractivity contribution is 0.0541. The third-order valence-electron chi connectivity index (χ3n) is 7.12. The molecule has 2 atom stereocenters. The first-order valence-electron chi connectivity index (χ1n) is 13.5. The van der Waals surface area contributed by atoms with Crippen molar-refractivity contribution in [3.05, 3.63) is 93.0 Å². The number of aromatic carboxylic acids is 2. The lowest BCUT2D eigenvalue weighted by Gasteiger charge is -2.26. The molecule has 0 fully saturated rings. The van der Waals surface area contributed by atoms with Crippen LogP contribution < -0.4 is 10.6 Å². The Morgan fingerprint density at radius 2 is 0.881 bits per heavy atom. The maximum atomic E-state index is 13.8. The second kappa shape index (κ2) is 13.9. The van der Waals surface area contributed by atoms with Gasteiger partial charge in [-0.25, -0.2) is 9.59 Å². The molecular weight excluding hydrogens is 540 g/mol. The molecule has 222 valence electrons. The van der Waals surface area contributed by atoms with E-state index in [1.165, 1.54) is 24.3 Å². The standard InChI is InChI=1S/C32H36N2O8/c1-7-41-29(33-23-13-9-21(10-14-23)31(37)38)27(35)25-17(3)19(5)26(20(6)18(25)4)28(36)30(42-8-2)34-24-15-11-22(12-16-24)32(39)40/h9-16,29-30,33-34H,7-8H2,1-6H3,(H,37,38)(H,39,40). The van der Waals surface area contributed by atoms with Crippen molar-refractivity contribution in [3.63, 3.8) is 0 Å². The van der Waals surface area contributed by atoms with Crippen molar-refractivity contribution < 1.29 is 38.9 Å². The number of ketones is 2. The molecule has 10 heteroatoms. The molecule has 3 aromatic carbocycles. The van der Waals surface area contributed by atoms with Gasteiger partial charge in [-0.2, -0.15) is 0 Å². The van der Waals surface area contributed by atoms with E-state index in [4.69, 9.17) is 19.7 Å². The van der Waals surface area contributed by atoms with Gasteiger partial charge < -0.3 is 30.3 Å². The second-order valence-electron chi connectivity index (χ2n) is 9.70. The highest BCUT2D eigenvalue weighted by atomic mass is 16.5. The quantitative estimate of drug-likeness (QED) is 0.140. The maximum absolute atomic E-state index is 13.8. The number of carboxylic acid groups (broad SMARTS) is 2. The average Bonchev–Trinajstić information content (AvgIpc) is 2.96. The fraction of sp³-hybridized carbons (Fsp3) is 0.312. The summed E-state index contributed by atoms with van der Waals surface area (Å²) in [5.74, 6) is -2.75. The molecule has 4 N–H and O–H groups in total. The lowest BCUT2D eigenvalue weighted by Crippen LogP contribution is -2.36. The van der Waals surface area contributed by atoms with Gasteiger partial charge >= 0.3 is 11.9 Å². The van der Waals surface area contributed by atoms with Crippen molar-refractivity contribution in [2.24, 2.45) is 0 Å². The summed E-state index contributed by atoms with van der Waals surface area (Å²) < 4.78 is 11.5. The van der Waals surface area contributed by atoms with Crippen LogP contribution in [0.25, 0.3) is 0 Å². The molecule has 0 spiro atoms. The Labute approximate surface area is 244 Å². The molecular formula is C32H36N2O8. The van der Waals surface area contributed by atoms with Gasteiger partial charge in [0.25, 0.3) is 0 Å².